The first kappa shape index (κ1) is 22.3. The van der Waals surface area contributed by atoms with Gasteiger partial charge in [0.1, 0.15) is 5.66 Å². The fourth-order valence-corrected chi connectivity index (χ4v) is 4.77. The van der Waals surface area contributed by atoms with Crippen molar-refractivity contribution in [3.8, 4) is 0 Å². The average molecular weight is 415 g/mol. The molecule has 3 rings (SSSR count). The summed E-state index contributed by atoms with van der Waals surface area (Å²) >= 11 is 0. The average Bonchev–Trinajstić information content (AvgIpc) is 3.05. The fourth-order valence-electron chi connectivity index (χ4n) is 4.77. The summed E-state index contributed by atoms with van der Waals surface area (Å²) in [6.07, 6.45) is 1.97. The van der Waals surface area contributed by atoms with E-state index >= 15 is 0 Å². The Balaban J connectivity index is 1.61. The van der Waals surface area contributed by atoms with Crippen molar-refractivity contribution in [1.82, 2.24) is 15.1 Å². The molecule has 0 saturated carbocycles. The molecule has 1 saturated heterocycles. The molecular formula is C23H34N4O3. The van der Waals surface area contributed by atoms with Crippen molar-refractivity contribution >= 4 is 23.4 Å². The zero-order valence-electron chi connectivity index (χ0n) is 18.6. The van der Waals surface area contributed by atoms with Crippen LogP contribution in [-0.2, 0) is 9.59 Å². The lowest BCUT2D eigenvalue weighted by Crippen LogP contribution is -2.62. The number of hydrogen-bond donors (Lipinski definition) is 1. The second kappa shape index (κ2) is 9.16. The largest absolute Gasteiger partial charge is 0.355 e. The van der Waals surface area contributed by atoms with Crippen molar-refractivity contribution in [2.45, 2.75) is 65.1 Å². The van der Waals surface area contributed by atoms with Crippen molar-refractivity contribution in [2.75, 3.05) is 31.1 Å². The normalized spacial score (nSPS) is 21.6. The van der Waals surface area contributed by atoms with E-state index in [1.54, 1.807) is 15.9 Å². The zero-order valence-corrected chi connectivity index (χ0v) is 18.6. The van der Waals surface area contributed by atoms with Gasteiger partial charge in [-0.25, -0.2) is 0 Å². The van der Waals surface area contributed by atoms with Crippen LogP contribution in [0.3, 0.4) is 0 Å². The molecule has 2 atom stereocenters. The molecule has 1 aromatic rings. The maximum Gasteiger partial charge on any atom is 0.257 e. The summed E-state index contributed by atoms with van der Waals surface area (Å²) in [6.45, 7) is 11.3. The molecule has 7 heteroatoms. The maximum atomic E-state index is 13.2. The standard InChI is InChI=1S/C23H34N4O3/c1-5-25(6-2)17(3)16-24-20(28)12-9-15-26-22(30)18-10-7-8-11-19(18)27-21(29)13-14-23(26,27)4/h7-8,10-11,17H,5-6,9,12-16H2,1-4H3,(H,24,28). The summed E-state index contributed by atoms with van der Waals surface area (Å²) in [5.74, 6) is -0.0106. The summed E-state index contributed by atoms with van der Waals surface area (Å²) < 4.78 is 0. The smallest absolute Gasteiger partial charge is 0.257 e. The van der Waals surface area contributed by atoms with Crippen LogP contribution < -0.4 is 10.2 Å². The molecule has 1 fully saturated rings. The minimum Gasteiger partial charge on any atom is -0.355 e. The molecule has 1 aromatic carbocycles. The summed E-state index contributed by atoms with van der Waals surface area (Å²) in [6, 6.07) is 7.59. The quantitative estimate of drug-likeness (QED) is 0.674. The number of fused-ring (bicyclic) bond motifs is 3. The molecule has 2 heterocycles. The van der Waals surface area contributed by atoms with Gasteiger partial charge in [-0.15, -0.1) is 0 Å². The van der Waals surface area contributed by atoms with Crippen molar-refractivity contribution in [2.24, 2.45) is 0 Å². The van der Waals surface area contributed by atoms with E-state index in [9.17, 15) is 14.4 Å². The molecule has 3 amide bonds. The van der Waals surface area contributed by atoms with Gasteiger partial charge in [0.15, 0.2) is 0 Å². The highest BCUT2D eigenvalue weighted by Gasteiger charge is 2.52. The Morgan fingerprint density at radius 2 is 1.93 bits per heavy atom. The molecule has 164 valence electrons. The van der Waals surface area contributed by atoms with E-state index in [0.29, 0.717) is 56.1 Å². The number of rotatable bonds is 9. The molecule has 30 heavy (non-hydrogen) atoms. The Kier molecular flexibility index (Phi) is 6.81. The van der Waals surface area contributed by atoms with E-state index in [2.05, 4.69) is 31.0 Å². The summed E-state index contributed by atoms with van der Waals surface area (Å²) in [7, 11) is 0. The number of hydrogen-bond acceptors (Lipinski definition) is 4. The number of anilines is 1. The predicted octanol–water partition coefficient (Wildman–Crippen LogP) is 2.61. The fraction of sp³-hybridized carbons (Fsp3) is 0.609. The maximum absolute atomic E-state index is 13.2. The number of benzene rings is 1. The van der Waals surface area contributed by atoms with Gasteiger partial charge >= 0.3 is 0 Å². The van der Waals surface area contributed by atoms with Gasteiger partial charge in [0.05, 0.1) is 11.3 Å². The van der Waals surface area contributed by atoms with Crippen LogP contribution in [0.25, 0.3) is 0 Å². The molecule has 7 nitrogen and oxygen atoms in total. The first-order valence-corrected chi connectivity index (χ1v) is 11.1. The van der Waals surface area contributed by atoms with E-state index in [4.69, 9.17) is 0 Å². The molecule has 0 aromatic heterocycles. The first-order valence-electron chi connectivity index (χ1n) is 11.1. The number of carbonyl (C=O) groups is 3. The molecule has 2 aliphatic heterocycles. The highest BCUT2D eigenvalue weighted by atomic mass is 16.2. The van der Waals surface area contributed by atoms with Crippen LogP contribution in [0.1, 0.15) is 63.7 Å². The van der Waals surface area contributed by atoms with Crippen LogP contribution in [0.5, 0.6) is 0 Å². The van der Waals surface area contributed by atoms with Crippen molar-refractivity contribution in [3.05, 3.63) is 29.8 Å². The first-order chi connectivity index (χ1) is 14.3. The molecule has 1 N–H and O–H groups in total. The van der Waals surface area contributed by atoms with Crippen molar-refractivity contribution < 1.29 is 14.4 Å². The lowest BCUT2D eigenvalue weighted by atomic mass is 9.98. The van der Waals surface area contributed by atoms with Gasteiger partial charge in [-0.3, -0.25) is 24.2 Å². The number of nitrogens with one attached hydrogen (secondary N) is 1. The Labute approximate surface area is 179 Å². The molecular weight excluding hydrogens is 380 g/mol. The minimum absolute atomic E-state index is 0.00312. The van der Waals surface area contributed by atoms with Crippen molar-refractivity contribution in [1.29, 1.82) is 0 Å². The van der Waals surface area contributed by atoms with Gasteiger partial charge in [-0.2, -0.15) is 0 Å². The van der Waals surface area contributed by atoms with Gasteiger partial charge in [-0.05, 0) is 51.9 Å². The second-order valence-electron chi connectivity index (χ2n) is 8.40. The number of amides is 3. The van der Waals surface area contributed by atoms with E-state index in [1.807, 2.05) is 25.1 Å². The molecule has 2 unspecified atom stereocenters. The SMILES string of the molecule is CCN(CC)C(C)CNC(=O)CCCN1C(=O)c2ccccc2N2C(=O)CCC12C. The Bertz CT molecular complexity index is 807. The van der Waals surface area contributed by atoms with E-state index < -0.39 is 5.66 Å². The second-order valence-corrected chi connectivity index (χ2v) is 8.40. The number of likely N-dealkylation sites (N-methyl/N-ethyl adjacent to an activating group) is 1. The molecule has 0 radical (unpaired) electrons. The lowest BCUT2D eigenvalue weighted by Gasteiger charge is -2.48. The van der Waals surface area contributed by atoms with Crippen LogP contribution >= 0.6 is 0 Å². The van der Waals surface area contributed by atoms with Gasteiger partial charge in [-0.1, -0.05) is 26.0 Å². The van der Waals surface area contributed by atoms with Crippen LogP contribution in [0, 0.1) is 0 Å². The van der Waals surface area contributed by atoms with E-state index in [0.717, 1.165) is 13.1 Å². The summed E-state index contributed by atoms with van der Waals surface area (Å²) in [5.41, 5.74) is 0.602. The van der Waals surface area contributed by atoms with E-state index in [-0.39, 0.29) is 17.7 Å². The Morgan fingerprint density at radius 1 is 1.23 bits per heavy atom. The van der Waals surface area contributed by atoms with E-state index in [1.165, 1.54) is 0 Å². The predicted molar refractivity (Wildman–Crippen MR) is 117 cm³/mol. The molecule has 0 spiro atoms. The van der Waals surface area contributed by atoms with Crippen LogP contribution in [0.4, 0.5) is 5.69 Å². The number of carbonyl (C=O) groups excluding carboxylic acids is 3. The van der Waals surface area contributed by atoms with Crippen molar-refractivity contribution in [3.63, 3.8) is 0 Å². The van der Waals surface area contributed by atoms with Gasteiger partial charge < -0.3 is 10.2 Å². The highest BCUT2D eigenvalue weighted by Crippen LogP contribution is 2.43. The number of nitrogens with zero attached hydrogens (tertiary/aromatic N) is 3. The third-order valence-corrected chi connectivity index (χ3v) is 6.56. The minimum atomic E-state index is -0.656. The van der Waals surface area contributed by atoms with Gasteiger partial charge in [0.25, 0.3) is 5.91 Å². The Hall–Kier alpha value is -2.41. The van der Waals surface area contributed by atoms with Crippen LogP contribution in [0.15, 0.2) is 24.3 Å². The molecule has 0 bridgehead atoms. The summed E-state index contributed by atoms with van der Waals surface area (Å²) in [5, 5.41) is 3.01. The monoisotopic (exact) mass is 414 g/mol. The molecule has 2 aliphatic rings. The van der Waals surface area contributed by atoms with Gasteiger partial charge in [0, 0.05) is 32.0 Å². The topological polar surface area (TPSA) is 73.0 Å². The molecule has 0 aliphatic carbocycles. The third-order valence-electron chi connectivity index (χ3n) is 6.56. The van der Waals surface area contributed by atoms with Gasteiger partial charge in [0.2, 0.25) is 11.8 Å². The summed E-state index contributed by atoms with van der Waals surface area (Å²) in [4.78, 5) is 44.0. The third kappa shape index (κ3) is 4.08. The number of para-hydroxylation sites is 1. The van der Waals surface area contributed by atoms with Crippen LogP contribution in [0.2, 0.25) is 0 Å². The highest BCUT2D eigenvalue weighted by molar-refractivity contribution is 6.10. The lowest BCUT2D eigenvalue weighted by molar-refractivity contribution is -0.121. The Morgan fingerprint density at radius 3 is 2.63 bits per heavy atom. The zero-order chi connectivity index (χ0) is 21.9. The van der Waals surface area contributed by atoms with Crippen LogP contribution in [-0.4, -0.2) is 65.4 Å².